The molecule has 0 radical (unpaired) electrons. The Labute approximate surface area is 85.8 Å². The molecule has 0 aliphatic carbocycles. The number of hydrogen-bond donors (Lipinski definition) is 2. The highest BCUT2D eigenvalue weighted by Gasteiger charge is 2.21. The van der Waals surface area contributed by atoms with Crippen LogP contribution in [-0.2, 0) is 5.54 Å². The van der Waals surface area contributed by atoms with Gasteiger partial charge in [-0.15, -0.1) is 0 Å². The highest BCUT2D eigenvalue weighted by Crippen LogP contribution is 2.25. The SMILES string of the molecule is Cc1ccc(C(C)(N)CCO)c(C)c1. The summed E-state index contributed by atoms with van der Waals surface area (Å²) in [6.45, 7) is 6.21. The van der Waals surface area contributed by atoms with E-state index in [1.54, 1.807) is 0 Å². The third-order valence-corrected chi connectivity index (χ3v) is 2.63. The minimum absolute atomic E-state index is 0.125. The van der Waals surface area contributed by atoms with Gasteiger partial charge in [0.2, 0.25) is 0 Å². The third-order valence-electron chi connectivity index (χ3n) is 2.63. The Morgan fingerprint density at radius 3 is 2.50 bits per heavy atom. The molecule has 1 aromatic carbocycles. The average Bonchev–Trinajstić information content (AvgIpc) is 2.02. The Bertz CT molecular complexity index is 318. The van der Waals surface area contributed by atoms with E-state index in [-0.39, 0.29) is 6.61 Å². The Morgan fingerprint density at radius 2 is 2.00 bits per heavy atom. The number of aliphatic hydroxyl groups is 1. The summed E-state index contributed by atoms with van der Waals surface area (Å²) in [6.07, 6.45) is 0.594. The van der Waals surface area contributed by atoms with E-state index in [4.69, 9.17) is 10.8 Å². The molecule has 0 aromatic heterocycles. The largest absolute Gasteiger partial charge is 0.396 e. The topological polar surface area (TPSA) is 46.2 Å². The molecule has 1 atom stereocenters. The van der Waals surface area contributed by atoms with Crippen molar-refractivity contribution < 1.29 is 5.11 Å². The Balaban J connectivity index is 3.06. The van der Waals surface area contributed by atoms with Gasteiger partial charge in [0.05, 0.1) is 0 Å². The van der Waals surface area contributed by atoms with Gasteiger partial charge in [0.25, 0.3) is 0 Å². The van der Waals surface area contributed by atoms with Crippen LogP contribution in [0.4, 0.5) is 0 Å². The van der Waals surface area contributed by atoms with Crippen molar-refractivity contribution >= 4 is 0 Å². The van der Waals surface area contributed by atoms with Crippen molar-refractivity contribution in [3.05, 3.63) is 34.9 Å². The van der Waals surface area contributed by atoms with Crippen LogP contribution in [-0.4, -0.2) is 11.7 Å². The number of aliphatic hydroxyl groups excluding tert-OH is 1. The van der Waals surface area contributed by atoms with Crippen LogP contribution >= 0.6 is 0 Å². The predicted molar refractivity (Wildman–Crippen MR) is 59.2 cm³/mol. The summed E-state index contributed by atoms with van der Waals surface area (Å²) >= 11 is 0. The van der Waals surface area contributed by atoms with Gasteiger partial charge in [-0.2, -0.15) is 0 Å². The molecule has 1 unspecified atom stereocenters. The van der Waals surface area contributed by atoms with E-state index in [1.807, 2.05) is 6.92 Å². The first-order valence-electron chi connectivity index (χ1n) is 4.95. The number of benzene rings is 1. The Hall–Kier alpha value is -0.860. The predicted octanol–water partition coefficient (Wildman–Crippen LogP) is 1.86. The zero-order valence-electron chi connectivity index (χ0n) is 9.17. The number of nitrogens with two attached hydrogens (primary N) is 1. The van der Waals surface area contributed by atoms with Gasteiger partial charge in [0, 0.05) is 12.1 Å². The van der Waals surface area contributed by atoms with Crippen LogP contribution in [0.25, 0.3) is 0 Å². The fourth-order valence-corrected chi connectivity index (χ4v) is 1.82. The van der Waals surface area contributed by atoms with Crippen molar-refractivity contribution in [3.63, 3.8) is 0 Å². The second kappa shape index (κ2) is 4.11. The Kier molecular flexibility index (Phi) is 3.29. The molecule has 14 heavy (non-hydrogen) atoms. The molecule has 78 valence electrons. The summed E-state index contributed by atoms with van der Waals surface area (Å²) in [7, 11) is 0. The smallest absolute Gasteiger partial charge is 0.0451 e. The molecule has 0 fully saturated rings. The van der Waals surface area contributed by atoms with Crippen molar-refractivity contribution in [2.24, 2.45) is 5.73 Å². The molecule has 0 aliphatic rings. The van der Waals surface area contributed by atoms with E-state index in [0.717, 1.165) is 5.56 Å². The molecule has 0 amide bonds. The van der Waals surface area contributed by atoms with Gasteiger partial charge in [0.1, 0.15) is 0 Å². The molecule has 2 nitrogen and oxygen atoms in total. The molecule has 0 heterocycles. The molecule has 0 spiro atoms. The summed E-state index contributed by atoms with van der Waals surface area (Å²) < 4.78 is 0. The lowest BCUT2D eigenvalue weighted by atomic mass is 9.86. The maximum atomic E-state index is 8.93. The van der Waals surface area contributed by atoms with Crippen molar-refractivity contribution in [1.82, 2.24) is 0 Å². The minimum atomic E-state index is -0.424. The summed E-state index contributed by atoms with van der Waals surface area (Å²) in [5, 5.41) is 8.93. The molecule has 2 heteroatoms. The molecule has 0 saturated carbocycles. The van der Waals surface area contributed by atoms with Crippen LogP contribution in [0.1, 0.15) is 30.0 Å². The fraction of sp³-hybridized carbons (Fsp3) is 0.500. The van der Waals surface area contributed by atoms with Crippen LogP contribution in [0.3, 0.4) is 0 Å². The molecule has 3 N–H and O–H groups in total. The van der Waals surface area contributed by atoms with Crippen LogP contribution in [0.5, 0.6) is 0 Å². The molecule has 1 rings (SSSR count). The second-order valence-electron chi connectivity index (χ2n) is 4.21. The Morgan fingerprint density at radius 1 is 1.36 bits per heavy atom. The molecular weight excluding hydrogens is 174 g/mol. The lowest BCUT2D eigenvalue weighted by Gasteiger charge is -2.26. The van der Waals surface area contributed by atoms with E-state index < -0.39 is 5.54 Å². The summed E-state index contributed by atoms with van der Waals surface area (Å²) in [4.78, 5) is 0. The first kappa shape index (κ1) is 11.2. The first-order chi connectivity index (χ1) is 6.47. The maximum Gasteiger partial charge on any atom is 0.0451 e. The lowest BCUT2D eigenvalue weighted by molar-refractivity contribution is 0.247. The van der Waals surface area contributed by atoms with Gasteiger partial charge in [0.15, 0.2) is 0 Å². The van der Waals surface area contributed by atoms with Gasteiger partial charge in [-0.05, 0) is 38.3 Å². The molecule has 0 aliphatic heterocycles. The highest BCUT2D eigenvalue weighted by molar-refractivity contribution is 5.35. The van der Waals surface area contributed by atoms with Gasteiger partial charge < -0.3 is 10.8 Å². The summed E-state index contributed by atoms with van der Waals surface area (Å²) in [5.41, 5.74) is 9.28. The van der Waals surface area contributed by atoms with Gasteiger partial charge >= 0.3 is 0 Å². The lowest BCUT2D eigenvalue weighted by Crippen LogP contribution is -2.34. The number of aryl methyl sites for hydroxylation is 2. The van der Waals surface area contributed by atoms with Crippen molar-refractivity contribution in [3.8, 4) is 0 Å². The van der Waals surface area contributed by atoms with E-state index in [0.29, 0.717) is 6.42 Å². The standard InChI is InChI=1S/C12H19NO/c1-9-4-5-11(10(2)8-9)12(3,13)6-7-14/h4-5,8,14H,6-7,13H2,1-3H3. The fourth-order valence-electron chi connectivity index (χ4n) is 1.82. The van der Waals surface area contributed by atoms with Crippen molar-refractivity contribution in [1.29, 1.82) is 0 Å². The zero-order valence-corrected chi connectivity index (χ0v) is 9.17. The number of hydrogen-bond acceptors (Lipinski definition) is 2. The van der Waals surface area contributed by atoms with Crippen LogP contribution in [0, 0.1) is 13.8 Å². The highest BCUT2D eigenvalue weighted by atomic mass is 16.3. The van der Waals surface area contributed by atoms with Gasteiger partial charge in [-0.1, -0.05) is 23.8 Å². The third kappa shape index (κ3) is 2.34. The van der Waals surface area contributed by atoms with Crippen LogP contribution < -0.4 is 5.73 Å². The average molecular weight is 193 g/mol. The van der Waals surface area contributed by atoms with E-state index >= 15 is 0 Å². The first-order valence-corrected chi connectivity index (χ1v) is 4.95. The summed E-state index contributed by atoms with van der Waals surface area (Å²) in [5.74, 6) is 0. The number of rotatable bonds is 3. The molecule has 1 aromatic rings. The van der Waals surface area contributed by atoms with Crippen LogP contribution in [0.15, 0.2) is 18.2 Å². The summed E-state index contributed by atoms with van der Waals surface area (Å²) in [6, 6.07) is 6.24. The van der Waals surface area contributed by atoms with Crippen molar-refractivity contribution in [2.75, 3.05) is 6.61 Å². The second-order valence-corrected chi connectivity index (χ2v) is 4.21. The molecular formula is C12H19NO. The van der Waals surface area contributed by atoms with E-state index in [1.165, 1.54) is 11.1 Å². The molecule has 0 bridgehead atoms. The maximum absolute atomic E-state index is 8.93. The van der Waals surface area contributed by atoms with E-state index in [2.05, 4.69) is 32.0 Å². The molecule has 0 saturated heterocycles. The van der Waals surface area contributed by atoms with Gasteiger partial charge in [-0.25, -0.2) is 0 Å². The quantitative estimate of drug-likeness (QED) is 0.769. The zero-order chi connectivity index (χ0) is 10.8. The van der Waals surface area contributed by atoms with E-state index in [9.17, 15) is 0 Å². The minimum Gasteiger partial charge on any atom is -0.396 e. The van der Waals surface area contributed by atoms with Crippen LogP contribution in [0.2, 0.25) is 0 Å². The monoisotopic (exact) mass is 193 g/mol. The van der Waals surface area contributed by atoms with Gasteiger partial charge in [-0.3, -0.25) is 0 Å². The van der Waals surface area contributed by atoms with Crippen molar-refractivity contribution in [2.45, 2.75) is 32.7 Å². The normalized spacial score (nSPS) is 15.2.